The Bertz CT molecular complexity index is 1060. The molecule has 1 aliphatic carbocycles. The second-order valence-corrected chi connectivity index (χ2v) is 10.3. The zero-order valence-corrected chi connectivity index (χ0v) is 22.1. The van der Waals surface area contributed by atoms with Gasteiger partial charge in [0.15, 0.2) is 0 Å². The van der Waals surface area contributed by atoms with E-state index in [1.807, 2.05) is 67.8 Å². The summed E-state index contributed by atoms with van der Waals surface area (Å²) < 4.78 is 0. The molecule has 0 bridgehead atoms. The van der Waals surface area contributed by atoms with E-state index in [1.165, 1.54) is 6.42 Å². The molecule has 1 N–H and O–H groups in total. The van der Waals surface area contributed by atoms with Gasteiger partial charge in [0.1, 0.15) is 6.04 Å². The summed E-state index contributed by atoms with van der Waals surface area (Å²) >= 11 is 1.56. The quantitative estimate of drug-likeness (QED) is 0.368. The number of amides is 2. The molecule has 0 aliphatic heterocycles. The Morgan fingerprint density at radius 2 is 1.91 bits per heavy atom. The van der Waals surface area contributed by atoms with Gasteiger partial charge >= 0.3 is 0 Å². The van der Waals surface area contributed by atoms with E-state index in [0.717, 1.165) is 53.7 Å². The molecule has 5 heteroatoms. The summed E-state index contributed by atoms with van der Waals surface area (Å²) in [7, 11) is 0. The molecule has 35 heavy (non-hydrogen) atoms. The lowest BCUT2D eigenvalue weighted by Gasteiger charge is -2.35. The number of carbonyl (C=O) groups excluding carboxylic acids is 2. The summed E-state index contributed by atoms with van der Waals surface area (Å²) in [5.74, 6) is -0.220. The summed E-state index contributed by atoms with van der Waals surface area (Å²) in [4.78, 5) is 30.7. The van der Waals surface area contributed by atoms with E-state index in [0.29, 0.717) is 5.70 Å². The van der Waals surface area contributed by atoms with Crippen molar-refractivity contribution in [3.05, 3.63) is 93.9 Å². The molecular formula is C30H38N2O2S. The monoisotopic (exact) mass is 490 g/mol. The molecular weight excluding hydrogens is 452 g/mol. The second kappa shape index (κ2) is 13.2. The van der Waals surface area contributed by atoms with E-state index in [4.69, 9.17) is 0 Å². The topological polar surface area (TPSA) is 49.4 Å². The van der Waals surface area contributed by atoms with Gasteiger partial charge < -0.3 is 5.32 Å². The van der Waals surface area contributed by atoms with Gasteiger partial charge in [0.05, 0.1) is 6.42 Å². The molecule has 1 aromatic carbocycles. The molecule has 1 atom stereocenters. The van der Waals surface area contributed by atoms with Crippen LogP contribution >= 0.6 is 11.3 Å². The minimum Gasteiger partial charge on any atom is -0.351 e. The first-order valence-electron chi connectivity index (χ1n) is 12.7. The van der Waals surface area contributed by atoms with Crippen LogP contribution in [-0.2, 0) is 22.4 Å². The molecule has 1 unspecified atom stereocenters. The Morgan fingerprint density at radius 3 is 2.54 bits per heavy atom. The van der Waals surface area contributed by atoms with Crippen molar-refractivity contribution in [1.82, 2.24) is 10.2 Å². The number of benzene rings is 1. The maximum Gasteiger partial charge on any atom is 0.248 e. The van der Waals surface area contributed by atoms with Gasteiger partial charge in [0.2, 0.25) is 11.8 Å². The normalized spacial score (nSPS) is 15.7. The van der Waals surface area contributed by atoms with Crippen molar-refractivity contribution in [3.63, 3.8) is 0 Å². The van der Waals surface area contributed by atoms with Crippen molar-refractivity contribution in [2.75, 3.05) is 0 Å². The molecule has 1 saturated carbocycles. The van der Waals surface area contributed by atoms with Crippen LogP contribution in [0.25, 0.3) is 0 Å². The highest BCUT2D eigenvalue weighted by Gasteiger charge is 2.35. The summed E-state index contributed by atoms with van der Waals surface area (Å²) in [6, 6.07) is 11.3. The van der Waals surface area contributed by atoms with E-state index in [2.05, 4.69) is 24.9 Å². The lowest BCUT2D eigenvalue weighted by atomic mass is 9.92. The van der Waals surface area contributed by atoms with Gasteiger partial charge in [-0.1, -0.05) is 74.7 Å². The van der Waals surface area contributed by atoms with E-state index >= 15 is 0 Å². The highest BCUT2D eigenvalue weighted by molar-refractivity contribution is 7.10. The van der Waals surface area contributed by atoms with E-state index in [-0.39, 0.29) is 24.3 Å². The molecule has 4 nitrogen and oxygen atoms in total. The number of hydrogen-bond acceptors (Lipinski definition) is 3. The number of hydrogen-bond donors (Lipinski definition) is 1. The van der Waals surface area contributed by atoms with Crippen LogP contribution in [0.15, 0.2) is 77.9 Å². The first-order chi connectivity index (χ1) is 16.9. The lowest BCUT2D eigenvalue weighted by Crippen LogP contribution is -2.47. The first-order valence-corrected chi connectivity index (χ1v) is 13.5. The smallest absolute Gasteiger partial charge is 0.248 e. The molecule has 0 radical (unpaired) electrons. The fourth-order valence-electron chi connectivity index (χ4n) is 4.75. The number of thiophene rings is 1. The fraction of sp³-hybridized carbons (Fsp3) is 0.400. The molecule has 1 aromatic heterocycles. The van der Waals surface area contributed by atoms with Crippen LogP contribution in [0.5, 0.6) is 0 Å². The van der Waals surface area contributed by atoms with Crippen molar-refractivity contribution in [1.29, 1.82) is 0 Å². The predicted octanol–water partition coefficient (Wildman–Crippen LogP) is 6.91. The second-order valence-electron chi connectivity index (χ2n) is 9.23. The van der Waals surface area contributed by atoms with Crippen LogP contribution in [0.4, 0.5) is 0 Å². The van der Waals surface area contributed by atoms with Crippen LogP contribution in [0.3, 0.4) is 0 Å². The SMILES string of the molecule is C=C(C)/C=C(\C=C/C)N(C(=O)Cc1cccs1)C(C(=O)NC1CCCCC1)c1ccccc1CC. The number of rotatable bonds is 10. The summed E-state index contributed by atoms with van der Waals surface area (Å²) in [5.41, 5.74) is 3.44. The van der Waals surface area contributed by atoms with Crippen LogP contribution < -0.4 is 5.32 Å². The molecule has 1 aliphatic rings. The standard InChI is InChI=1S/C30H38N2O2S/c1-5-13-25(20-22(3)4)32(28(33)21-26-17-12-19-35-26)29(27-18-11-10-14-23(27)6-2)30(34)31-24-15-8-7-9-16-24/h5,10-14,17-20,24,29H,3,6-9,15-16,21H2,1-2,4H3,(H,31,34)/b13-5-,25-20+. The van der Waals surface area contributed by atoms with Gasteiger partial charge in [-0.05, 0) is 67.8 Å². The molecule has 2 amide bonds. The third-order valence-electron chi connectivity index (χ3n) is 6.37. The van der Waals surface area contributed by atoms with Gasteiger partial charge in [-0.3, -0.25) is 14.5 Å². The van der Waals surface area contributed by atoms with Gasteiger partial charge in [0.25, 0.3) is 0 Å². The minimum absolute atomic E-state index is 0.104. The molecule has 2 aromatic rings. The van der Waals surface area contributed by atoms with Crippen LogP contribution in [0, 0.1) is 0 Å². The average molecular weight is 491 g/mol. The predicted molar refractivity (Wildman–Crippen MR) is 146 cm³/mol. The van der Waals surface area contributed by atoms with Crippen molar-refractivity contribution < 1.29 is 9.59 Å². The maximum atomic E-state index is 14.0. The largest absolute Gasteiger partial charge is 0.351 e. The Morgan fingerprint density at radius 1 is 1.17 bits per heavy atom. The first kappa shape index (κ1) is 26.7. The van der Waals surface area contributed by atoms with Gasteiger partial charge in [-0.2, -0.15) is 0 Å². The average Bonchev–Trinajstić information content (AvgIpc) is 3.35. The van der Waals surface area contributed by atoms with Crippen molar-refractivity contribution in [2.45, 2.75) is 77.8 Å². The van der Waals surface area contributed by atoms with Crippen LogP contribution in [0.1, 0.15) is 74.9 Å². The third kappa shape index (κ3) is 7.28. The number of carbonyl (C=O) groups is 2. The minimum atomic E-state index is -0.762. The summed E-state index contributed by atoms with van der Waals surface area (Å²) in [6.07, 6.45) is 12.2. The molecule has 0 spiro atoms. The number of allylic oxidation sites excluding steroid dienone is 4. The Kier molecular flexibility index (Phi) is 10.1. The van der Waals surface area contributed by atoms with Gasteiger partial charge in [-0.25, -0.2) is 0 Å². The van der Waals surface area contributed by atoms with Gasteiger partial charge in [-0.15, -0.1) is 11.3 Å². The fourth-order valence-corrected chi connectivity index (χ4v) is 5.45. The van der Waals surface area contributed by atoms with Crippen LogP contribution in [0.2, 0.25) is 0 Å². The van der Waals surface area contributed by atoms with Crippen LogP contribution in [-0.4, -0.2) is 22.8 Å². The lowest BCUT2D eigenvalue weighted by molar-refractivity contribution is -0.138. The molecule has 3 rings (SSSR count). The third-order valence-corrected chi connectivity index (χ3v) is 7.25. The summed E-state index contributed by atoms with van der Waals surface area (Å²) in [6.45, 7) is 9.97. The number of nitrogens with one attached hydrogen (secondary N) is 1. The Hall–Kier alpha value is -2.92. The molecule has 1 fully saturated rings. The highest BCUT2D eigenvalue weighted by atomic mass is 32.1. The summed E-state index contributed by atoms with van der Waals surface area (Å²) in [5, 5.41) is 5.28. The zero-order chi connectivity index (χ0) is 25.2. The maximum absolute atomic E-state index is 14.0. The Labute approximate surface area is 214 Å². The molecule has 186 valence electrons. The van der Waals surface area contributed by atoms with Crippen molar-refractivity contribution >= 4 is 23.2 Å². The highest BCUT2D eigenvalue weighted by Crippen LogP contribution is 2.32. The van der Waals surface area contributed by atoms with Crippen molar-refractivity contribution in [2.24, 2.45) is 0 Å². The van der Waals surface area contributed by atoms with E-state index in [1.54, 1.807) is 16.2 Å². The Balaban J connectivity index is 2.13. The van der Waals surface area contributed by atoms with E-state index < -0.39 is 6.04 Å². The van der Waals surface area contributed by atoms with Crippen molar-refractivity contribution in [3.8, 4) is 0 Å². The zero-order valence-electron chi connectivity index (χ0n) is 21.3. The number of nitrogens with zero attached hydrogens (tertiary/aromatic N) is 1. The molecule has 0 saturated heterocycles. The van der Waals surface area contributed by atoms with E-state index in [9.17, 15) is 9.59 Å². The molecule has 1 heterocycles. The number of aryl methyl sites for hydroxylation is 1. The van der Waals surface area contributed by atoms with Gasteiger partial charge in [0, 0.05) is 16.6 Å².